The molecule has 0 saturated heterocycles. The third-order valence-electron chi connectivity index (χ3n) is 4.36. The van der Waals surface area contributed by atoms with Crippen LogP contribution >= 0.6 is 0 Å². The van der Waals surface area contributed by atoms with Crippen molar-refractivity contribution in [3.05, 3.63) is 78.0 Å². The summed E-state index contributed by atoms with van der Waals surface area (Å²) in [5.41, 5.74) is 3.11. The smallest absolute Gasteiger partial charge is 0.244 e. The van der Waals surface area contributed by atoms with Gasteiger partial charge in [0.15, 0.2) is 0 Å². The fourth-order valence-corrected chi connectivity index (χ4v) is 3.02. The molecule has 3 rings (SSSR count). The van der Waals surface area contributed by atoms with Crippen molar-refractivity contribution < 1.29 is 4.79 Å². The summed E-state index contributed by atoms with van der Waals surface area (Å²) in [4.78, 5) is 12.3. The van der Waals surface area contributed by atoms with Crippen molar-refractivity contribution in [1.29, 1.82) is 5.26 Å². The van der Waals surface area contributed by atoms with Crippen LogP contribution in [-0.2, 0) is 11.3 Å². The summed E-state index contributed by atoms with van der Waals surface area (Å²) in [6, 6.07) is 20.0. The molecule has 0 aliphatic rings. The molecule has 2 aromatic carbocycles. The van der Waals surface area contributed by atoms with E-state index in [4.69, 9.17) is 5.26 Å². The Morgan fingerprint density at radius 3 is 2.69 bits per heavy atom. The number of fused-ring (bicyclic) bond motifs is 1. The van der Waals surface area contributed by atoms with Gasteiger partial charge in [-0.3, -0.25) is 4.79 Å². The Balaban J connectivity index is 1.75. The number of carbonyl (C=O) groups is 1. The zero-order valence-electron chi connectivity index (χ0n) is 14.7. The molecule has 1 atom stereocenters. The number of hydrogen-bond acceptors (Lipinski definition) is 2. The molecule has 26 heavy (non-hydrogen) atoms. The van der Waals surface area contributed by atoms with Crippen LogP contribution in [0.4, 0.5) is 0 Å². The summed E-state index contributed by atoms with van der Waals surface area (Å²) >= 11 is 0. The molecule has 1 aromatic heterocycles. The largest absolute Gasteiger partial charge is 0.346 e. The van der Waals surface area contributed by atoms with E-state index in [0.717, 1.165) is 22.0 Å². The first kappa shape index (κ1) is 17.5. The minimum atomic E-state index is -0.129. The van der Waals surface area contributed by atoms with E-state index in [1.54, 1.807) is 6.08 Å². The molecule has 130 valence electrons. The van der Waals surface area contributed by atoms with E-state index in [1.807, 2.05) is 73.8 Å². The second-order valence-electron chi connectivity index (χ2n) is 6.18. The van der Waals surface area contributed by atoms with Crippen molar-refractivity contribution in [3.8, 4) is 6.07 Å². The molecule has 0 aliphatic heterocycles. The van der Waals surface area contributed by atoms with E-state index in [0.29, 0.717) is 13.0 Å². The number of nitrogens with one attached hydrogen (secondary N) is 1. The molecular weight excluding hydrogens is 322 g/mol. The van der Waals surface area contributed by atoms with Gasteiger partial charge in [-0.15, -0.1) is 0 Å². The lowest BCUT2D eigenvalue weighted by Gasteiger charge is -2.12. The van der Waals surface area contributed by atoms with Crippen LogP contribution in [0.25, 0.3) is 17.0 Å². The van der Waals surface area contributed by atoms with Crippen LogP contribution in [0.5, 0.6) is 0 Å². The number of aryl methyl sites for hydroxylation is 1. The molecule has 4 heteroatoms. The molecule has 0 radical (unpaired) electrons. The van der Waals surface area contributed by atoms with Crippen LogP contribution in [0.15, 0.2) is 66.9 Å². The highest BCUT2D eigenvalue weighted by molar-refractivity contribution is 5.96. The minimum Gasteiger partial charge on any atom is -0.346 e. The first-order chi connectivity index (χ1) is 12.7. The number of benzene rings is 2. The van der Waals surface area contributed by atoms with Gasteiger partial charge in [-0.2, -0.15) is 5.26 Å². The standard InChI is InChI=1S/C22H21N3O/c1-17(18-8-3-2-4-9-18)24-22(26)13-12-19-16-25(15-7-14-23)21-11-6-5-10-20(19)21/h2-6,8-13,16-17H,7,15H2,1H3,(H,24,26)/b13-12+/t17-/m0/s1. The summed E-state index contributed by atoms with van der Waals surface area (Å²) in [7, 11) is 0. The van der Waals surface area contributed by atoms with Gasteiger partial charge in [0.05, 0.1) is 18.5 Å². The maximum atomic E-state index is 12.3. The fraction of sp³-hybridized carbons (Fsp3) is 0.182. The van der Waals surface area contributed by atoms with E-state index in [1.165, 1.54) is 0 Å². The van der Waals surface area contributed by atoms with Gasteiger partial charge in [0.25, 0.3) is 0 Å². The molecule has 1 N–H and O–H groups in total. The second kappa shape index (κ2) is 8.17. The molecule has 0 spiro atoms. The van der Waals surface area contributed by atoms with E-state index < -0.39 is 0 Å². The lowest BCUT2D eigenvalue weighted by molar-refractivity contribution is -0.117. The fourth-order valence-electron chi connectivity index (χ4n) is 3.02. The van der Waals surface area contributed by atoms with Crippen LogP contribution in [0.1, 0.15) is 30.5 Å². The van der Waals surface area contributed by atoms with E-state index in [9.17, 15) is 4.79 Å². The van der Waals surface area contributed by atoms with Gasteiger partial charge >= 0.3 is 0 Å². The predicted octanol–water partition coefficient (Wildman–Crippen LogP) is 4.45. The minimum absolute atomic E-state index is 0.0506. The molecular formula is C22H21N3O. The average Bonchev–Trinajstić information content (AvgIpc) is 3.03. The number of hydrogen-bond donors (Lipinski definition) is 1. The van der Waals surface area contributed by atoms with Crippen molar-refractivity contribution in [1.82, 2.24) is 9.88 Å². The predicted molar refractivity (Wildman–Crippen MR) is 104 cm³/mol. The molecule has 0 fully saturated rings. The normalized spacial score (nSPS) is 12.2. The van der Waals surface area contributed by atoms with Crippen molar-refractivity contribution in [2.24, 2.45) is 0 Å². The molecule has 0 saturated carbocycles. The Labute approximate surface area is 153 Å². The molecule has 0 aliphatic carbocycles. The quantitative estimate of drug-likeness (QED) is 0.672. The van der Waals surface area contributed by atoms with Crippen molar-refractivity contribution in [2.45, 2.75) is 25.9 Å². The third kappa shape index (κ3) is 4.01. The zero-order valence-corrected chi connectivity index (χ0v) is 14.7. The van der Waals surface area contributed by atoms with E-state index in [2.05, 4.69) is 16.0 Å². The van der Waals surface area contributed by atoms with Crippen molar-refractivity contribution in [2.75, 3.05) is 0 Å². The first-order valence-electron chi connectivity index (χ1n) is 8.67. The Kier molecular flexibility index (Phi) is 5.50. The van der Waals surface area contributed by atoms with Gasteiger partial charge in [0.1, 0.15) is 0 Å². The summed E-state index contributed by atoms with van der Waals surface area (Å²) in [5.74, 6) is -0.129. The third-order valence-corrected chi connectivity index (χ3v) is 4.36. The first-order valence-corrected chi connectivity index (χ1v) is 8.67. The summed E-state index contributed by atoms with van der Waals surface area (Å²) in [6.07, 6.45) is 5.84. The van der Waals surface area contributed by atoms with Gasteiger partial charge in [-0.25, -0.2) is 0 Å². The molecule has 3 aromatic rings. The molecule has 1 amide bonds. The maximum Gasteiger partial charge on any atom is 0.244 e. The molecule has 0 unspecified atom stereocenters. The van der Waals surface area contributed by atoms with Crippen LogP contribution in [0, 0.1) is 11.3 Å². The molecule has 4 nitrogen and oxygen atoms in total. The van der Waals surface area contributed by atoms with E-state index >= 15 is 0 Å². The number of carbonyl (C=O) groups excluding carboxylic acids is 1. The van der Waals surface area contributed by atoms with Gasteiger partial charge < -0.3 is 9.88 Å². The Morgan fingerprint density at radius 2 is 1.92 bits per heavy atom. The van der Waals surface area contributed by atoms with Crippen LogP contribution in [0.2, 0.25) is 0 Å². The number of nitrogens with zero attached hydrogens (tertiary/aromatic N) is 2. The highest BCUT2D eigenvalue weighted by Crippen LogP contribution is 2.23. The summed E-state index contributed by atoms with van der Waals surface area (Å²) in [6.45, 7) is 2.61. The maximum absolute atomic E-state index is 12.3. The Morgan fingerprint density at radius 1 is 1.19 bits per heavy atom. The zero-order chi connectivity index (χ0) is 18.4. The highest BCUT2D eigenvalue weighted by atomic mass is 16.1. The van der Waals surface area contributed by atoms with Crippen molar-refractivity contribution >= 4 is 22.9 Å². The number of amides is 1. The molecule has 0 bridgehead atoms. The number of aromatic nitrogens is 1. The average molecular weight is 343 g/mol. The lowest BCUT2D eigenvalue weighted by atomic mass is 10.1. The second-order valence-corrected chi connectivity index (χ2v) is 6.18. The van der Waals surface area contributed by atoms with Gasteiger partial charge in [-0.1, -0.05) is 48.5 Å². The summed E-state index contributed by atoms with van der Waals surface area (Å²) < 4.78 is 2.06. The Hall–Kier alpha value is -3.32. The molecule has 1 heterocycles. The van der Waals surface area contributed by atoms with Gasteiger partial charge in [0.2, 0.25) is 5.91 Å². The lowest BCUT2D eigenvalue weighted by Crippen LogP contribution is -2.24. The topological polar surface area (TPSA) is 57.8 Å². The monoisotopic (exact) mass is 343 g/mol. The Bertz CT molecular complexity index is 964. The van der Waals surface area contributed by atoms with Gasteiger partial charge in [0, 0.05) is 35.3 Å². The van der Waals surface area contributed by atoms with Crippen LogP contribution < -0.4 is 5.32 Å². The van der Waals surface area contributed by atoms with Crippen molar-refractivity contribution in [3.63, 3.8) is 0 Å². The number of para-hydroxylation sites is 1. The van der Waals surface area contributed by atoms with E-state index in [-0.39, 0.29) is 11.9 Å². The van der Waals surface area contributed by atoms with Gasteiger partial charge in [-0.05, 0) is 24.6 Å². The highest BCUT2D eigenvalue weighted by Gasteiger charge is 2.08. The number of nitriles is 1. The number of rotatable bonds is 6. The van der Waals surface area contributed by atoms with Crippen LogP contribution in [-0.4, -0.2) is 10.5 Å². The SMILES string of the molecule is C[C@H](NC(=O)/C=C/c1cn(CCC#N)c2ccccc12)c1ccccc1. The van der Waals surface area contributed by atoms with Crippen LogP contribution in [0.3, 0.4) is 0 Å². The summed E-state index contributed by atoms with van der Waals surface area (Å²) in [5, 5.41) is 12.9.